The Labute approximate surface area is 183 Å². The lowest BCUT2D eigenvalue weighted by Crippen LogP contribution is -2.55. The number of hydrogen-bond donors (Lipinski definition) is 5. The lowest BCUT2D eigenvalue weighted by molar-refractivity contribution is -0.143. The summed E-state index contributed by atoms with van der Waals surface area (Å²) in [6, 6.07) is 6.49. The second-order valence-corrected chi connectivity index (χ2v) is 8.33. The van der Waals surface area contributed by atoms with E-state index in [2.05, 4.69) is 16.0 Å². The minimum atomic E-state index is -1.14. The highest BCUT2D eigenvalue weighted by Crippen LogP contribution is 2.08. The van der Waals surface area contributed by atoms with Gasteiger partial charge in [-0.3, -0.25) is 14.4 Å². The van der Waals surface area contributed by atoms with E-state index in [-0.39, 0.29) is 18.4 Å². The lowest BCUT2D eigenvalue weighted by Gasteiger charge is -2.24. The number of amides is 3. The van der Waals surface area contributed by atoms with E-state index in [1.807, 2.05) is 44.2 Å². The van der Waals surface area contributed by atoms with Crippen LogP contribution in [-0.4, -0.2) is 53.5 Å². The second-order valence-electron chi connectivity index (χ2n) is 8.33. The number of rotatable bonds is 12. The monoisotopic (exact) mass is 434 g/mol. The first-order valence-electron chi connectivity index (χ1n) is 10.4. The maximum atomic E-state index is 12.6. The lowest BCUT2D eigenvalue weighted by atomic mass is 10.0. The number of nitrogens with one attached hydrogen (secondary N) is 3. The molecule has 0 fully saturated rings. The molecule has 172 valence electrons. The molecule has 1 aromatic rings. The smallest absolute Gasteiger partial charge is 0.326 e. The van der Waals surface area contributed by atoms with Crippen LogP contribution >= 0.6 is 0 Å². The number of hydrogen-bond acceptors (Lipinski definition) is 5. The number of carbonyl (C=O) groups excluding carboxylic acids is 3. The third kappa shape index (κ3) is 9.61. The van der Waals surface area contributed by atoms with Gasteiger partial charge in [0.15, 0.2) is 0 Å². The fourth-order valence-corrected chi connectivity index (χ4v) is 2.97. The van der Waals surface area contributed by atoms with Gasteiger partial charge in [-0.1, -0.05) is 58.0 Å². The summed E-state index contributed by atoms with van der Waals surface area (Å²) in [5.41, 5.74) is 6.80. The average Bonchev–Trinajstić information content (AvgIpc) is 2.69. The van der Waals surface area contributed by atoms with Crippen molar-refractivity contribution >= 4 is 23.7 Å². The Hall–Kier alpha value is -2.94. The summed E-state index contributed by atoms with van der Waals surface area (Å²) < 4.78 is 0. The number of carbonyl (C=O) groups is 4. The minimum absolute atomic E-state index is 0.0762. The van der Waals surface area contributed by atoms with Crippen LogP contribution in [0.2, 0.25) is 0 Å². The van der Waals surface area contributed by atoms with E-state index in [4.69, 9.17) is 5.73 Å². The van der Waals surface area contributed by atoms with Gasteiger partial charge < -0.3 is 26.8 Å². The van der Waals surface area contributed by atoms with Gasteiger partial charge >= 0.3 is 5.97 Å². The van der Waals surface area contributed by atoms with Gasteiger partial charge in [-0.2, -0.15) is 0 Å². The van der Waals surface area contributed by atoms with Gasteiger partial charge in [-0.15, -0.1) is 0 Å². The zero-order chi connectivity index (χ0) is 23.6. The maximum Gasteiger partial charge on any atom is 0.326 e. The van der Waals surface area contributed by atoms with Gasteiger partial charge in [-0.05, 0) is 30.2 Å². The molecule has 0 heterocycles. The van der Waals surface area contributed by atoms with Crippen LogP contribution in [0.5, 0.6) is 0 Å². The first kappa shape index (κ1) is 26.1. The van der Waals surface area contributed by atoms with Crippen molar-refractivity contribution in [3.63, 3.8) is 0 Å². The summed E-state index contributed by atoms with van der Waals surface area (Å²) in [7, 11) is 0. The molecule has 1 rings (SSSR count). The fraction of sp³-hybridized carbons (Fsp3) is 0.545. The first-order chi connectivity index (χ1) is 14.5. The molecule has 0 aliphatic heterocycles. The Morgan fingerprint density at radius 1 is 0.968 bits per heavy atom. The highest BCUT2D eigenvalue weighted by molar-refractivity contribution is 5.92. The standard InChI is InChI=1S/C22H34N4O5/c1-13(2)10-17(21(29)26-19(14(3)4)22(30)31)25-18(27)12-24-20(28)16(23)11-15-8-6-5-7-9-15/h5-9,13-14,16-17,19H,10-12,23H2,1-4H3,(H,24,28)(H,25,27)(H,26,29)(H,30,31). The molecule has 3 amide bonds. The van der Waals surface area contributed by atoms with Gasteiger partial charge in [0.05, 0.1) is 12.6 Å². The van der Waals surface area contributed by atoms with Crippen LogP contribution in [-0.2, 0) is 25.6 Å². The Morgan fingerprint density at radius 2 is 1.58 bits per heavy atom. The van der Waals surface area contributed by atoms with Crippen molar-refractivity contribution in [3.05, 3.63) is 35.9 Å². The van der Waals surface area contributed by atoms with Crippen LogP contribution in [0.1, 0.15) is 39.7 Å². The van der Waals surface area contributed by atoms with E-state index in [9.17, 15) is 24.3 Å². The summed E-state index contributed by atoms with van der Waals surface area (Å²) in [5, 5.41) is 16.8. The van der Waals surface area contributed by atoms with E-state index in [0.29, 0.717) is 12.8 Å². The zero-order valence-electron chi connectivity index (χ0n) is 18.6. The second kappa shape index (κ2) is 12.7. The Balaban J connectivity index is 2.63. The van der Waals surface area contributed by atoms with E-state index in [1.165, 1.54) is 0 Å². The van der Waals surface area contributed by atoms with E-state index < -0.39 is 41.8 Å². The molecule has 0 spiro atoms. The predicted octanol–water partition coefficient (Wildman–Crippen LogP) is 0.429. The van der Waals surface area contributed by atoms with Gasteiger partial charge in [0.2, 0.25) is 17.7 Å². The normalized spacial score (nSPS) is 13.9. The third-order valence-electron chi connectivity index (χ3n) is 4.65. The topological polar surface area (TPSA) is 151 Å². The number of aliphatic carboxylic acids is 1. The quantitative estimate of drug-likeness (QED) is 0.322. The van der Waals surface area contributed by atoms with Crippen LogP contribution in [0, 0.1) is 11.8 Å². The molecule has 3 unspecified atom stereocenters. The summed E-state index contributed by atoms with van der Waals surface area (Å²) in [5.74, 6) is -2.99. The SMILES string of the molecule is CC(C)CC(NC(=O)CNC(=O)C(N)Cc1ccccc1)C(=O)NC(C(=O)O)C(C)C. The van der Waals surface area contributed by atoms with Crippen molar-refractivity contribution in [2.24, 2.45) is 17.6 Å². The molecule has 0 radical (unpaired) electrons. The van der Waals surface area contributed by atoms with Crippen molar-refractivity contribution in [2.45, 2.75) is 58.7 Å². The molecule has 9 heteroatoms. The van der Waals surface area contributed by atoms with Crippen LogP contribution in [0.3, 0.4) is 0 Å². The van der Waals surface area contributed by atoms with Gasteiger partial charge in [0.1, 0.15) is 12.1 Å². The molecule has 0 aromatic heterocycles. The maximum absolute atomic E-state index is 12.6. The molecule has 3 atom stereocenters. The Morgan fingerprint density at radius 3 is 2.10 bits per heavy atom. The zero-order valence-corrected chi connectivity index (χ0v) is 18.6. The van der Waals surface area contributed by atoms with Crippen molar-refractivity contribution in [3.8, 4) is 0 Å². The van der Waals surface area contributed by atoms with E-state index in [0.717, 1.165) is 5.56 Å². The molecule has 9 nitrogen and oxygen atoms in total. The number of carboxylic acid groups (broad SMARTS) is 1. The molecule has 1 aromatic carbocycles. The molecule has 6 N–H and O–H groups in total. The minimum Gasteiger partial charge on any atom is -0.480 e. The van der Waals surface area contributed by atoms with Gasteiger partial charge in [0, 0.05) is 0 Å². The van der Waals surface area contributed by atoms with Gasteiger partial charge in [0.25, 0.3) is 0 Å². The molecule has 0 bridgehead atoms. The van der Waals surface area contributed by atoms with Crippen LogP contribution in [0.15, 0.2) is 30.3 Å². The van der Waals surface area contributed by atoms with Crippen molar-refractivity contribution in [1.82, 2.24) is 16.0 Å². The summed E-state index contributed by atoms with van der Waals surface area (Å²) in [6.45, 7) is 6.80. The largest absolute Gasteiger partial charge is 0.480 e. The number of nitrogens with two attached hydrogens (primary N) is 1. The van der Waals surface area contributed by atoms with Crippen molar-refractivity contribution < 1.29 is 24.3 Å². The first-order valence-corrected chi connectivity index (χ1v) is 10.4. The average molecular weight is 435 g/mol. The van der Waals surface area contributed by atoms with Gasteiger partial charge in [-0.25, -0.2) is 4.79 Å². The van der Waals surface area contributed by atoms with Crippen molar-refractivity contribution in [1.29, 1.82) is 0 Å². The third-order valence-corrected chi connectivity index (χ3v) is 4.65. The molecular weight excluding hydrogens is 400 g/mol. The highest BCUT2D eigenvalue weighted by Gasteiger charge is 2.29. The van der Waals surface area contributed by atoms with Crippen LogP contribution < -0.4 is 21.7 Å². The summed E-state index contributed by atoms with van der Waals surface area (Å²) >= 11 is 0. The molecule has 0 aliphatic rings. The van der Waals surface area contributed by atoms with E-state index in [1.54, 1.807) is 13.8 Å². The fourth-order valence-electron chi connectivity index (χ4n) is 2.97. The molecule has 0 aliphatic carbocycles. The summed E-state index contributed by atoms with van der Waals surface area (Å²) in [4.78, 5) is 48.4. The molecule has 0 saturated carbocycles. The molecular formula is C22H34N4O5. The number of benzene rings is 1. The number of carboxylic acids is 1. The predicted molar refractivity (Wildman–Crippen MR) is 117 cm³/mol. The van der Waals surface area contributed by atoms with E-state index >= 15 is 0 Å². The Bertz CT molecular complexity index is 752. The van der Waals surface area contributed by atoms with Crippen LogP contribution in [0.4, 0.5) is 0 Å². The Kier molecular flexibility index (Phi) is 10.7. The highest BCUT2D eigenvalue weighted by atomic mass is 16.4. The molecule has 31 heavy (non-hydrogen) atoms. The van der Waals surface area contributed by atoms with Crippen LogP contribution in [0.25, 0.3) is 0 Å². The summed E-state index contributed by atoms with van der Waals surface area (Å²) in [6.07, 6.45) is 0.655. The molecule has 0 saturated heterocycles. The van der Waals surface area contributed by atoms with Crippen molar-refractivity contribution in [2.75, 3.05) is 6.54 Å².